The minimum Gasteiger partial charge on any atom is -0.373 e. The summed E-state index contributed by atoms with van der Waals surface area (Å²) in [5, 5.41) is 2.15. The molecule has 0 fully saturated rings. The molecular weight excluding hydrogens is 144 g/mol. The fourth-order valence-corrected chi connectivity index (χ4v) is 2.28. The van der Waals surface area contributed by atoms with Crippen LogP contribution in [0.5, 0.6) is 0 Å². The number of hydrogen-bond donors (Lipinski definition) is 0. The van der Waals surface area contributed by atoms with Gasteiger partial charge in [-0.05, 0) is 23.9 Å². The van der Waals surface area contributed by atoms with Gasteiger partial charge in [-0.1, -0.05) is 0 Å². The maximum Gasteiger partial charge on any atom is 0.0807 e. The van der Waals surface area contributed by atoms with Gasteiger partial charge in [-0.2, -0.15) is 0 Å². The van der Waals surface area contributed by atoms with E-state index in [1.807, 2.05) is 11.3 Å². The lowest BCUT2D eigenvalue weighted by atomic mass is 10.1. The highest BCUT2D eigenvalue weighted by molar-refractivity contribution is 7.10. The van der Waals surface area contributed by atoms with Gasteiger partial charge in [-0.15, -0.1) is 11.3 Å². The first-order valence-corrected chi connectivity index (χ1v) is 4.44. The summed E-state index contributed by atoms with van der Waals surface area (Å²) in [5.41, 5.74) is 1.40. The van der Waals surface area contributed by atoms with E-state index in [0.717, 1.165) is 13.0 Å². The van der Waals surface area contributed by atoms with Gasteiger partial charge in [0.05, 0.1) is 12.7 Å². The van der Waals surface area contributed by atoms with Crippen molar-refractivity contribution in [1.29, 1.82) is 0 Å². The van der Waals surface area contributed by atoms with E-state index >= 15 is 0 Å². The van der Waals surface area contributed by atoms with Crippen LogP contribution in [0.15, 0.2) is 11.4 Å². The predicted molar refractivity (Wildman–Crippen MR) is 42.4 cm³/mol. The van der Waals surface area contributed by atoms with Gasteiger partial charge in [0.1, 0.15) is 0 Å². The molecule has 54 valence electrons. The molecule has 0 radical (unpaired) electrons. The van der Waals surface area contributed by atoms with E-state index in [2.05, 4.69) is 18.4 Å². The first-order chi connectivity index (χ1) is 4.88. The molecule has 0 amide bonds. The first-order valence-electron chi connectivity index (χ1n) is 3.56. The quantitative estimate of drug-likeness (QED) is 0.557. The van der Waals surface area contributed by atoms with Crippen molar-refractivity contribution in [2.24, 2.45) is 0 Å². The van der Waals surface area contributed by atoms with Crippen molar-refractivity contribution in [2.45, 2.75) is 19.4 Å². The second-order valence-electron chi connectivity index (χ2n) is 2.56. The number of rotatable bonds is 0. The molecule has 0 aromatic carbocycles. The topological polar surface area (TPSA) is 9.23 Å². The Balaban J connectivity index is 2.41. The Morgan fingerprint density at radius 1 is 1.70 bits per heavy atom. The second-order valence-corrected chi connectivity index (χ2v) is 3.56. The third-order valence-corrected chi connectivity index (χ3v) is 2.91. The molecule has 2 rings (SSSR count). The number of hydrogen-bond acceptors (Lipinski definition) is 2. The number of fused-ring (bicyclic) bond motifs is 1. The lowest BCUT2D eigenvalue weighted by Crippen LogP contribution is -2.10. The van der Waals surface area contributed by atoms with Gasteiger partial charge < -0.3 is 4.74 Å². The molecule has 1 aliphatic rings. The maximum atomic E-state index is 5.47. The fraction of sp³-hybridized carbons (Fsp3) is 0.500. The molecular formula is C8H10OS. The van der Waals surface area contributed by atoms with Gasteiger partial charge in [-0.3, -0.25) is 0 Å². The van der Waals surface area contributed by atoms with Crippen molar-refractivity contribution in [3.05, 3.63) is 21.9 Å². The average molecular weight is 154 g/mol. The molecule has 0 spiro atoms. The standard InChI is InChI=1S/C8H10OS/c1-6-7-3-5-10-8(7)2-4-9-6/h3,5-6H,2,4H2,1H3. The highest BCUT2D eigenvalue weighted by Gasteiger charge is 2.16. The van der Waals surface area contributed by atoms with Crippen LogP contribution in [0.1, 0.15) is 23.5 Å². The average Bonchev–Trinajstić information content (AvgIpc) is 2.36. The molecule has 0 saturated carbocycles. The van der Waals surface area contributed by atoms with Crippen molar-refractivity contribution in [3.63, 3.8) is 0 Å². The van der Waals surface area contributed by atoms with Crippen LogP contribution in [-0.2, 0) is 11.2 Å². The lowest BCUT2D eigenvalue weighted by molar-refractivity contribution is 0.0568. The Hall–Kier alpha value is -0.340. The largest absolute Gasteiger partial charge is 0.373 e. The van der Waals surface area contributed by atoms with Crippen molar-refractivity contribution < 1.29 is 4.74 Å². The highest BCUT2D eigenvalue weighted by Crippen LogP contribution is 2.29. The molecule has 10 heavy (non-hydrogen) atoms. The zero-order valence-corrected chi connectivity index (χ0v) is 6.78. The second kappa shape index (κ2) is 2.36. The van der Waals surface area contributed by atoms with Crippen LogP contribution >= 0.6 is 11.3 Å². The Bertz CT molecular complexity index is 229. The van der Waals surface area contributed by atoms with E-state index in [1.54, 1.807) is 0 Å². The molecule has 0 saturated heterocycles. The zero-order valence-electron chi connectivity index (χ0n) is 5.96. The van der Waals surface area contributed by atoms with E-state index < -0.39 is 0 Å². The van der Waals surface area contributed by atoms with Crippen LogP contribution < -0.4 is 0 Å². The van der Waals surface area contributed by atoms with E-state index in [0.29, 0.717) is 6.10 Å². The first kappa shape index (κ1) is 6.38. The van der Waals surface area contributed by atoms with E-state index in [9.17, 15) is 0 Å². The molecule has 0 N–H and O–H groups in total. The van der Waals surface area contributed by atoms with Crippen LogP contribution in [0.2, 0.25) is 0 Å². The summed E-state index contributed by atoms with van der Waals surface area (Å²) in [4.78, 5) is 1.51. The monoisotopic (exact) mass is 154 g/mol. The molecule has 2 heterocycles. The van der Waals surface area contributed by atoms with Gasteiger partial charge in [0.25, 0.3) is 0 Å². The normalized spacial score (nSPS) is 24.3. The minimum absolute atomic E-state index is 0.329. The van der Waals surface area contributed by atoms with Crippen LogP contribution in [0, 0.1) is 0 Å². The summed E-state index contributed by atoms with van der Waals surface area (Å²) in [7, 11) is 0. The minimum atomic E-state index is 0.329. The van der Waals surface area contributed by atoms with Crippen LogP contribution in [0.25, 0.3) is 0 Å². The Kier molecular flexibility index (Phi) is 1.51. The van der Waals surface area contributed by atoms with Crippen LogP contribution in [-0.4, -0.2) is 6.61 Å². The van der Waals surface area contributed by atoms with Gasteiger partial charge in [0.15, 0.2) is 0 Å². The number of thiophene rings is 1. The molecule has 1 nitrogen and oxygen atoms in total. The predicted octanol–water partition coefficient (Wildman–Crippen LogP) is 2.38. The highest BCUT2D eigenvalue weighted by atomic mass is 32.1. The van der Waals surface area contributed by atoms with Crippen molar-refractivity contribution in [3.8, 4) is 0 Å². The van der Waals surface area contributed by atoms with Gasteiger partial charge in [0, 0.05) is 11.3 Å². The summed E-state index contributed by atoms with van der Waals surface area (Å²) in [6.07, 6.45) is 1.44. The summed E-state index contributed by atoms with van der Waals surface area (Å²) in [6.45, 7) is 3.01. The Morgan fingerprint density at radius 3 is 3.40 bits per heavy atom. The molecule has 1 aromatic heterocycles. The maximum absolute atomic E-state index is 5.47. The van der Waals surface area contributed by atoms with E-state index in [4.69, 9.17) is 4.74 Å². The molecule has 2 heteroatoms. The van der Waals surface area contributed by atoms with E-state index in [1.165, 1.54) is 10.4 Å². The van der Waals surface area contributed by atoms with Crippen molar-refractivity contribution in [1.82, 2.24) is 0 Å². The smallest absolute Gasteiger partial charge is 0.0807 e. The molecule has 1 unspecified atom stereocenters. The fourth-order valence-electron chi connectivity index (χ4n) is 1.33. The third kappa shape index (κ3) is 0.879. The molecule has 0 bridgehead atoms. The molecule has 0 aliphatic carbocycles. The van der Waals surface area contributed by atoms with Gasteiger partial charge in [0.2, 0.25) is 0 Å². The molecule has 1 aromatic rings. The number of ether oxygens (including phenoxy) is 1. The molecule has 1 aliphatic heterocycles. The zero-order chi connectivity index (χ0) is 6.97. The summed E-state index contributed by atoms with van der Waals surface area (Å²) >= 11 is 1.85. The SMILES string of the molecule is CC1OCCc2sccc21. The molecule has 1 atom stereocenters. The van der Waals surface area contributed by atoms with Crippen molar-refractivity contribution in [2.75, 3.05) is 6.61 Å². The summed E-state index contributed by atoms with van der Waals surface area (Å²) in [6, 6.07) is 2.17. The van der Waals surface area contributed by atoms with Crippen molar-refractivity contribution >= 4 is 11.3 Å². The van der Waals surface area contributed by atoms with Gasteiger partial charge in [-0.25, -0.2) is 0 Å². The van der Waals surface area contributed by atoms with Gasteiger partial charge >= 0.3 is 0 Å². The Labute approximate surface area is 64.6 Å². The van der Waals surface area contributed by atoms with Crippen LogP contribution in [0.3, 0.4) is 0 Å². The summed E-state index contributed by atoms with van der Waals surface area (Å²) in [5.74, 6) is 0. The summed E-state index contributed by atoms with van der Waals surface area (Å²) < 4.78 is 5.47. The van der Waals surface area contributed by atoms with E-state index in [-0.39, 0.29) is 0 Å². The van der Waals surface area contributed by atoms with Crippen LogP contribution in [0.4, 0.5) is 0 Å². The third-order valence-electron chi connectivity index (χ3n) is 1.91. The Morgan fingerprint density at radius 2 is 2.60 bits per heavy atom. The lowest BCUT2D eigenvalue weighted by Gasteiger charge is -2.18.